The summed E-state index contributed by atoms with van der Waals surface area (Å²) in [5.41, 5.74) is 8.55. The van der Waals surface area contributed by atoms with Gasteiger partial charge in [-0.05, 0) is 37.1 Å². The van der Waals surface area contributed by atoms with Gasteiger partial charge in [0, 0.05) is 22.1 Å². The molecule has 1 aromatic carbocycles. The van der Waals surface area contributed by atoms with Crippen molar-refractivity contribution in [2.24, 2.45) is 0 Å². The minimum Gasteiger partial charge on any atom is -0.383 e. The van der Waals surface area contributed by atoms with Gasteiger partial charge in [0.25, 0.3) is 0 Å². The Balaban J connectivity index is 1.63. The standard InChI is InChI=1S/C18H18ClN3OS2/c1-18(2)7-12-13(8-23-18)25-16-14(12)15(20)21-17(22-16)24-9-10-3-5-11(19)6-4-10/h3-6H,7-9H2,1-2H3,(H2,20,21,22). The van der Waals surface area contributed by atoms with Gasteiger partial charge in [-0.3, -0.25) is 0 Å². The van der Waals surface area contributed by atoms with Crippen LogP contribution in [0.5, 0.6) is 0 Å². The van der Waals surface area contributed by atoms with Gasteiger partial charge in [-0.15, -0.1) is 11.3 Å². The molecule has 3 aromatic rings. The summed E-state index contributed by atoms with van der Waals surface area (Å²) in [4.78, 5) is 11.4. The lowest BCUT2D eigenvalue weighted by atomic mass is 9.94. The van der Waals surface area contributed by atoms with Crippen molar-refractivity contribution in [3.63, 3.8) is 0 Å². The monoisotopic (exact) mass is 391 g/mol. The van der Waals surface area contributed by atoms with E-state index >= 15 is 0 Å². The lowest BCUT2D eigenvalue weighted by Gasteiger charge is -2.30. The van der Waals surface area contributed by atoms with Crippen LogP contribution in [0, 0.1) is 0 Å². The van der Waals surface area contributed by atoms with Crippen LogP contribution in [-0.2, 0) is 23.5 Å². The van der Waals surface area contributed by atoms with Gasteiger partial charge >= 0.3 is 0 Å². The number of thioether (sulfide) groups is 1. The second kappa shape index (κ2) is 6.43. The number of hydrogen-bond acceptors (Lipinski definition) is 6. The highest BCUT2D eigenvalue weighted by Crippen LogP contribution is 2.40. The molecule has 25 heavy (non-hydrogen) atoms. The van der Waals surface area contributed by atoms with Crippen molar-refractivity contribution in [3.05, 3.63) is 45.3 Å². The van der Waals surface area contributed by atoms with Crippen molar-refractivity contribution >= 4 is 50.7 Å². The zero-order chi connectivity index (χ0) is 17.6. The van der Waals surface area contributed by atoms with E-state index in [1.54, 1.807) is 23.1 Å². The zero-order valence-corrected chi connectivity index (χ0v) is 16.4. The lowest BCUT2D eigenvalue weighted by molar-refractivity contribution is -0.0379. The number of nitrogens with two attached hydrogens (primary N) is 1. The van der Waals surface area contributed by atoms with Crippen molar-refractivity contribution in [2.45, 2.75) is 43.4 Å². The number of aromatic nitrogens is 2. The third-order valence-corrected chi connectivity index (χ3v) is 6.49. The van der Waals surface area contributed by atoms with Crippen molar-refractivity contribution in [1.29, 1.82) is 0 Å². The topological polar surface area (TPSA) is 61.0 Å². The molecule has 0 atom stereocenters. The summed E-state index contributed by atoms with van der Waals surface area (Å²) in [6.07, 6.45) is 0.840. The molecule has 1 aliphatic heterocycles. The number of rotatable bonds is 3. The number of anilines is 1. The Morgan fingerprint density at radius 3 is 2.80 bits per heavy atom. The first-order chi connectivity index (χ1) is 11.9. The average molecular weight is 392 g/mol. The molecule has 0 bridgehead atoms. The van der Waals surface area contributed by atoms with Gasteiger partial charge in [-0.1, -0.05) is 35.5 Å². The maximum absolute atomic E-state index is 6.29. The number of nitrogens with zero attached hydrogens (tertiary/aromatic N) is 2. The van der Waals surface area contributed by atoms with E-state index in [4.69, 9.17) is 27.1 Å². The van der Waals surface area contributed by atoms with E-state index in [1.807, 2.05) is 24.3 Å². The largest absolute Gasteiger partial charge is 0.383 e. The van der Waals surface area contributed by atoms with Crippen LogP contribution in [0.4, 0.5) is 5.82 Å². The number of halogens is 1. The summed E-state index contributed by atoms with van der Waals surface area (Å²) >= 11 is 9.18. The molecular weight excluding hydrogens is 374 g/mol. The smallest absolute Gasteiger partial charge is 0.191 e. The Morgan fingerprint density at radius 2 is 2.04 bits per heavy atom. The molecule has 4 nitrogen and oxygen atoms in total. The second-order valence-corrected chi connectivity index (χ2v) is 9.18. The highest BCUT2D eigenvalue weighted by atomic mass is 35.5. The van der Waals surface area contributed by atoms with Gasteiger partial charge in [0.05, 0.1) is 17.6 Å². The SMILES string of the molecule is CC1(C)Cc2c(sc3nc(SCc4ccc(Cl)cc4)nc(N)c23)CO1. The zero-order valence-electron chi connectivity index (χ0n) is 14.0. The fraction of sp³-hybridized carbons (Fsp3) is 0.333. The Morgan fingerprint density at radius 1 is 1.28 bits per heavy atom. The molecule has 7 heteroatoms. The van der Waals surface area contributed by atoms with Gasteiger partial charge in [0.1, 0.15) is 10.6 Å². The molecular formula is C18H18ClN3OS2. The van der Waals surface area contributed by atoms with Crippen LogP contribution in [0.3, 0.4) is 0 Å². The first kappa shape index (κ1) is 17.1. The van der Waals surface area contributed by atoms with Crippen molar-refractivity contribution in [3.8, 4) is 0 Å². The van der Waals surface area contributed by atoms with Gasteiger partial charge in [0.15, 0.2) is 5.16 Å². The molecule has 2 aromatic heterocycles. The first-order valence-corrected chi connectivity index (χ1v) is 10.2. The van der Waals surface area contributed by atoms with Crippen molar-refractivity contribution < 1.29 is 4.74 Å². The fourth-order valence-electron chi connectivity index (χ4n) is 2.95. The maximum atomic E-state index is 6.29. The van der Waals surface area contributed by atoms with Gasteiger partial charge < -0.3 is 10.5 Å². The number of hydrogen-bond donors (Lipinski definition) is 1. The molecule has 0 spiro atoms. The van der Waals surface area contributed by atoms with E-state index in [1.165, 1.54) is 16.0 Å². The van der Waals surface area contributed by atoms with Gasteiger partial charge in [-0.2, -0.15) is 0 Å². The minimum absolute atomic E-state index is 0.171. The molecule has 0 saturated heterocycles. The highest BCUT2D eigenvalue weighted by molar-refractivity contribution is 7.98. The van der Waals surface area contributed by atoms with Crippen molar-refractivity contribution in [1.82, 2.24) is 9.97 Å². The molecule has 0 unspecified atom stereocenters. The second-order valence-electron chi connectivity index (χ2n) is 6.72. The summed E-state index contributed by atoms with van der Waals surface area (Å²) in [5, 5.41) is 2.45. The summed E-state index contributed by atoms with van der Waals surface area (Å²) in [6, 6.07) is 7.82. The quantitative estimate of drug-likeness (QED) is 0.498. The Hall–Kier alpha value is -1.34. The molecule has 3 heterocycles. The van der Waals surface area contributed by atoms with Crippen molar-refractivity contribution in [2.75, 3.05) is 5.73 Å². The molecule has 0 saturated carbocycles. The van der Waals surface area contributed by atoms with Crippen LogP contribution in [0.25, 0.3) is 10.2 Å². The van der Waals surface area contributed by atoms with Crippen LogP contribution in [0.15, 0.2) is 29.4 Å². The van der Waals surface area contributed by atoms with Crippen LogP contribution in [0.1, 0.15) is 29.9 Å². The van der Waals surface area contributed by atoms with E-state index in [2.05, 4.69) is 18.8 Å². The molecule has 2 N–H and O–H groups in total. The van der Waals surface area contributed by atoms with E-state index in [9.17, 15) is 0 Å². The number of nitrogen functional groups attached to an aromatic ring is 1. The van der Waals surface area contributed by atoms with Crippen LogP contribution < -0.4 is 5.73 Å². The molecule has 130 valence electrons. The Kier molecular flexibility index (Phi) is 4.40. The highest BCUT2D eigenvalue weighted by Gasteiger charge is 2.30. The summed E-state index contributed by atoms with van der Waals surface area (Å²) < 4.78 is 5.91. The van der Waals surface area contributed by atoms with E-state index in [-0.39, 0.29) is 5.60 Å². The summed E-state index contributed by atoms with van der Waals surface area (Å²) in [6.45, 7) is 4.83. The van der Waals surface area contributed by atoms with E-state index < -0.39 is 0 Å². The Bertz CT molecular complexity index is 938. The van der Waals surface area contributed by atoms with Crippen LogP contribution in [0.2, 0.25) is 5.02 Å². The number of benzene rings is 1. The lowest BCUT2D eigenvalue weighted by Crippen LogP contribution is -2.31. The van der Waals surface area contributed by atoms with Gasteiger partial charge in [0.2, 0.25) is 0 Å². The maximum Gasteiger partial charge on any atom is 0.191 e. The average Bonchev–Trinajstić information content (AvgIpc) is 2.91. The molecule has 0 radical (unpaired) electrons. The number of thiophene rings is 1. The number of ether oxygens (including phenoxy) is 1. The molecule has 0 fully saturated rings. The van der Waals surface area contributed by atoms with Crippen LogP contribution >= 0.6 is 34.7 Å². The summed E-state index contributed by atoms with van der Waals surface area (Å²) in [7, 11) is 0. The first-order valence-electron chi connectivity index (χ1n) is 8.00. The normalized spacial score (nSPS) is 16.1. The van der Waals surface area contributed by atoms with Crippen LogP contribution in [-0.4, -0.2) is 15.6 Å². The molecule has 4 rings (SSSR count). The number of fused-ring (bicyclic) bond motifs is 3. The van der Waals surface area contributed by atoms with Gasteiger partial charge in [-0.25, -0.2) is 9.97 Å². The van der Waals surface area contributed by atoms with E-state index in [0.29, 0.717) is 17.6 Å². The minimum atomic E-state index is -0.171. The molecule has 0 aliphatic carbocycles. The predicted molar refractivity (Wildman–Crippen MR) is 105 cm³/mol. The molecule has 0 amide bonds. The fourth-order valence-corrected chi connectivity index (χ4v) is 5.05. The third kappa shape index (κ3) is 3.49. The Labute approximate surface area is 159 Å². The predicted octanol–water partition coefficient (Wildman–Crippen LogP) is 5.07. The third-order valence-electron chi connectivity index (χ3n) is 4.22. The molecule has 1 aliphatic rings. The summed E-state index contributed by atoms with van der Waals surface area (Å²) in [5.74, 6) is 1.35. The van der Waals surface area contributed by atoms with E-state index in [0.717, 1.165) is 27.4 Å².